The van der Waals surface area contributed by atoms with Crippen LogP contribution in [0.25, 0.3) is 11.0 Å². The van der Waals surface area contributed by atoms with E-state index in [0.717, 1.165) is 17.7 Å². The highest BCUT2D eigenvalue weighted by atomic mass is 16.6. The van der Waals surface area contributed by atoms with Gasteiger partial charge in [0.2, 0.25) is 0 Å². The molecule has 0 unspecified atom stereocenters. The Hall–Kier alpha value is -3.15. The predicted octanol–water partition coefficient (Wildman–Crippen LogP) is 4.01. The zero-order valence-corrected chi connectivity index (χ0v) is 12.4. The minimum Gasteiger partial charge on any atom is -0.418 e. The molecule has 0 fully saturated rings. The fraction of sp³-hybridized carbons (Fsp3) is 0.118. The van der Waals surface area contributed by atoms with Gasteiger partial charge in [-0.2, -0.15) is 0 Å². The molecule has 0 atom stereocenters. The third-order valence-corrected chi connectivity index (χ3v) is 3.63. The summed E-state index contributed by atoms with van der Waals surface area (Å²) < 4.78 is 5.05. The van der Waals surface area contributed by atoms with Crippen molar-refractivity contribution in [3.63, 3.8) is 0 Å². The molecule has 0 amide bonds. The molecule has 0 spiro atoms. The molecule has 1 aromatic heterocycles. The van der Waals surface area contributed by atoms with Gasteiger partial charge in [-0.1, -0.05) is 37.3 Å². The smallest absolute Gasteiger partial charge is 0.417 e. The molecule has 3 rings (SSSR count). The number of benzene rings is 2. The van der Waals surface area contributed by atoms with Crippen LogP contribution in [0.15, 0.2) is 57.7 Å². The number of nitrogens with zero attached hydrogens (tertiary/aromatic N) is 1. The average molecular weight is 310 g/mol. The molecule has 116 valence electrons. The van der Waals surface area contributed by atoms with Crippen LogP contribution in [-0.4, -0.2) is 4.92 Å². The number of nitro groups is 1. The zero-order chi connectivity index (χ0) is 16.4. The van der Waals surface area contributed by atoms with Gasteiger partial charge in [-0.25, -0.2) is 4.79 Å². The summed E-state index contributed by atoms with van der Waals surface area (Å²) in [5, 5.41) is 14.9. The molecule has 0 radical (unpaired) electrons. The van der Waals surface area contributed by atoms with Crippen LogP contribution in [0.1, 0.15) is 12.5 Å². The Kier molecular flexibility index (Phi) is 3.80. The van der Waals surface area contributed by atoms with Gasteiger partial charge in [-0.05, 0) is 30.2 Å². The van der Waals surface area contributed by atoms with Crippen molar-refractivity contribution in [3.05, 3.63) is 74.6 Å². The first-order chi connectivity index (χ1) is 11.1. The second kappa shape index (κ2) is 5.92. The number of hydrogen-bond acceptors (Lipinski definition) is 5. The maximum Gasteiger partial charge on any atom is 0.417 e. The van der Waals surface area contributed by atoms with E-state index >= 15 is 0 Å². The van der Waals surface area contributed by atoms with E-state index in [2.05, 4.69) is 5.32 Å². The second-order valence-electron chi connectivity index (χ2n) is 5.00. The van der Waals surface area contributed by atoms with E-state index in [0.29, 0.717) is 11.0 Å². The number of hydrogen-bond donors (Lipinski definition) is 1. The van der Waals surface area contributed by atoms with E-state index in [4.69, 9.17) is 4.42 Å². The third-order valence-electron chi connectivity index (χ3n) is 3.63. The van der Waals surface area contributed by atoms with Gasteiger partial charge < -0.3 is 9.73 Å². The van der Waals surface area contributed by atoms with Gasteiger partial charge in [-0.15, -0.1) is 0 Å². The molecule has 0 aliphatic carbocycles. The van der Waals surface area contributed by atoms with E-state index < -0.39 is 16.2 Å². The number of anilines is 2. The number of nitrogens with one attached hydrogen (secondary N) is 1. The Labute approximate surface area is 131 Å². The molecule has 3 aromatic rings. The highest BCUT2D eigenvalue weighted by Gasteiger charge is 2.25. The summed E-state index contributed by atoms with van der Waals surface area (Å²) >= 11 is 0. The lowest BCUT2D eigenvalue weighted by Gasteiger charge is -2.12. The van der Waals surface area contributed by atoms with Gasteiger partial charge in [-0.3, -0.25) is 10.1 Å². The van der Waals surface area contributed by atoms with Crippen LogP contribution in [0.5, 0.6) is 0 Å². The highest BCUT2D eigenvalue weighted by Crippen LogP contribution is 2.33. The molecule has 0 saturated carbocycles. The maximum absolute atomic E-state index is 12.0. The van der Waals surface area contributed by atoms with E-state index in [1.165, 1.54) is 0 Å². The molecule has 2 aromatic carbocycles. The SMILES string of the molecule is CCc1ccccc1Nc1c([N+](=O)[O-])c(=O)oc2ccccc12. The van der Waals surface area contributed by atoms with E-state index in [1.54, 1.807) is 24.3 Å². The molecular formula is C17H14N2O4. The first-order valence-electron chi connectivity index (χ1n) is 7.17. The van der Waals surface area contributed by atoms with Gasteiger partial charge in [0.25, 0.3) is 0 Å². The minimum absolute atomic E-state index is 0.155. The van der Waals surface area contributed by atoms with Crippen LogP contribution < -0.4 is 10.9 Å². The van der Waals surface area contributed by atoms with Crippen LogP contribution in [0, 0.1) is 10.1 Å². The highest BCUT2D eigenvalue weighted by molar-refractivity contribution is 5.96. The van der Waals surface area contributed by atoms with Crippen molar-refractivity contribution in [2.24, 2.45) is 0 Å². The van der Waals surface area contributed by atoms with Crippen molar-refractivity contribution in [3.8, 4) is 0 Å². The van der Waals surface area contributed by atoms with Crippen LogP contribution in [-0.2, 0) is 6.42 Å². The fourth-order valence-corrected chi connectivity index (χ4v) is 2.52. The van der Waals surface area contributed by atoms with Gasteiger partial charge in [0.1, 0.15) is 11.3 Å². The Bertz CT molecular complexity index is 947. The van der Waals surface area contributed by atoms with Crippen LogP contribution in [0.4, 0.5) is 17.1 Å². The molecular weight excluding hydrogens is 296 g/mol. The zero-order valence-electron chi connectivity index (χ0n) is 12.4. The summed E-state index contributed by atoms with van der Waals surface area (Å²) in [5.41, 5.74) is 0.634. The number of rotatable bonds is 4. The molecule has 23 heavy (non-hydrogen) atoms. The Morgan fingerprint density at radius 1 is 1.13 bits per heavy atom. The van der Waals surface area contributed by atoms with Crippen molar-refractivity contribution < 1.29 is 9.34 Å². The van der Waals surface area contributed by atoms with E-state index in [9.17, 15) is 14.9 Å². The quantitative estimate of drug-likeness (QED) is 0.447. The van der Waals surface area contributed by atoms with E-state index in [1.807, 2.05) is 31.2 Å². The Morgan fingerprint density at radius 3 is 2.57 bits per heavy atom. The van der Waals surface area contributed by atoms with Gasteiger partial charge >= 0.3 is 11.3 Å². The Balaban J connectivity index is 2.28. The van der Waals surface area contributed by atoms with Crippen molar-refractivity contribution in [1.82, 2.24) is 0 Å². The first kappa shape index (κ1) is 14.8. The van der Waals surface area contributed by atoms with Gasteiger partial charge in [0.15, 0.2) is 0 Å². The maximum atomic E-state index is 12.0. The van der Waals surface area contributed by atoms with Crippen LogP contribution in [0.3, 0.4) is 0 Å². The van der Waals surface area contributed by atoms with Crippen molar-refractivity contribution in [2.75, 3.05) is 5.32 Å². The molecule has 1 N–H and O–H groups in total. The summed E-state index contributed by atoms with van der Waals surface area (Å²) in [5.74, 6) is 0. The number of para-hydroxylation sites is 2. The van der Waals surface area contributed by atoms with Crippen molar-refractivity contribution in [2.45, 2.75) is 13.3 Å². The first-order valence-corrected chi connectivity index (χ1v) is 7.17. The summed E-state index contributed by atoms with van der Waals surface area (Å²) in [4.78, 5) is 22.6. The summed E-state index contributed by atoms with van der Waals surface area (Å²) in [6.07, 6.45) is 0.760. The lowest BCUT2D eigenvalue weighted by molar-refractivity contribution is -0.386. The molecule has 6 heteroatoms. The molecule has 0 saturated heterocycles. The standard InChI is InChI=1S/C17H14N2O4/c1-2-11-7-3-5-9-13(11)18-15-12-8-4-6-10-14(12)23-17(20)16(15)19(21)22/h3-10,18H,2H2,1H3. The topological polar surface area (TPSA) is 85.4 Å². The fourth-order valence-electron chi connectivity index (χ4n) is 2.52. The molecule has 0 aliphatic rings. The molecule has 0 bridgehead atoms. The monoisotopic (exact) mass is 310 g/mol. The Morgan fingerprint density at radius 2 is 1.83 bits per heavy atom. The summed E-state index contributed by atoms with van der Waals surface area (Å²) in [6.45, 7) is 1.99. The molecule has 6 nitrogen and oxygen atoms in total. The van der Waals surface area contributed by atoms with Gasteiger partial charge in [0.05, 0.1) is 4.92 Å². The minimum atomic E-state index is -0.967. The third kappa shape index (κ3) is 2.66. The lowest BCUT2D eigenvalue weighted by atomic mass is 10.1. The predicted molar refractivity (Wildman–Crippen MR) is 88.2 cm³/mol. The average Bonchev–Trinajstić information content (AvgIpc) is 2.54. The largest absolute Gasteiger partial charge is 0.418 e. The van der Waals surface area contributed by atoms with E-state index in [-0.39, 0.29) is 5.69 Å². The second-order valence-corrected chi connectivity index (χ2v) is 5.00. The molecule has 0 aliphatic heterocycles. The van der Waals surface area contributed by atoms with Gasteiger partial charge in [0, 0.05) is 11.1 Å². The van der Waals surface area contributed by atoms with Crippen LogP contribution >= 0.6 is 0 Å². The summed E-state index contributed by atoms with van der Waals surface area (Å²) in [7, 11) is 0. The normalized spacial score (nSPS) is 10.7. The lowest BCUT2D eigenvalue weighted by Crippen LogP contribution is -2.11. The van der Waals surface area contributed by atoms with Crippen LogP contribution in [0.2, 0.25) is 0 Å². The van der Waals surface area contributed by atoms with Crippen molar-refractivity contribution >= 4 is 28.0 Å². The number of aryl methyl sites for hydroxylation is 1. The molecule has 1 heterocycles. The number of fused-ring (bicyclic) bond motifs is 1. The summed E-state index contributed by atoms with van der Waals surface area (Å²) in [6, 6.07) is 14.2. The van der Waals surface area contributed by atoms with Crippen molar-refractivity contribution in [1.29, 1.82) is 0 Å².